The topological polar surface area (TPSA) is 12.5 Å². The van der Waals surface area contributed by atoms with Crippen LogP contribution >= 0.6 is 0 Å². The van der Waals surface area contributed by atoms with E-state index in [2.05, 4.69) is 23.1 Å². The van der Waals surface area contributed by atoms with Gasteiger partial charge in [0.1, 0.15) is 5.75 Å². The van der Waals surface area contributed by atoms with Gasteiger partial charge in [-0.3, -0.25) is 4.90 Å². The molecule has 0 amide bonds. The maximum Gasteiger partial charge on any atom is 0.119 e. The van der Waals surface area contributed by atoms with E-state index in [-0.39, 0.29) is 0 Å². The first-order chi connectivity index (χ1) is 8.86. The van der Waals surface area contributed by atoms with Gasteiger partial charge in [0, 0.05) is 12.6 Å². The molecule has 0 bridgehead atoms. The summed E-state index contributed by atoms with van der Waals surface area (Å²) in [4.78, 5) is 2.72. The average molecular weight is 245 g/mol. The van der Waals surface area contributed by atoms with Gasteiger partial charge in [-0.1, -0.05) is 18.6 Å². The van der Waals surface area contributed by atoms with Crippen molar-refractivity contribution in [3.8, 4) is 5.75 Å². The molecular formula is C16H23NO. The second-order valence-electron chi connectivity index (χ2n) is 5.70. The number of hydrogen-bond acceptors (Lipinski definition) is 2. The van der Waals surface area contributed by atoms with Crippen LogP contribution in [0.25, 0.3) is 0 Å². The van der Waals surface area contributed by atoms with Gasteiger partial charge in [-0.2, -0.15) is 0 Å². The van der Waals surface area contributed by atoms with E-state index in [0.29, 0.717) is 5.92 Å². The minimum Gasteiger partial charge on any atom is -0.497 e. The highest BCUT2D eigenvalue weighted by molar-refractivity contribution is 5.31. The lowest BCUT2D eigenvalue weighted by atomic mass is 9.84. The minimum absolute atomic E-state index is 0.703. The zero-order chi connectivity index (χ0) is 12.4. The van der Waals surface area contributed by atoms with Crippen LogP contribution < -0.4 is 4.74 Å². The molecule has 0 spiro atoms. The summed E-state index contributed by atoms with van der Waals surface area (Å²) in [6.45, 7) is 2.56. The fourth-order valence-corrected chi connectivity index (χ4v) is 3.56. The number of nitrogens with zero attached hydrogens (tertiary/aromatic N) is 1. The molecule has 2 nitrogen and oxygen atoms in total. The summed E-state index contributed by atoms with van der Waals surface area (Å²) in [5.41, 5.74) is 1.46. The van der Waals surface area contributed by atoms with E-state index < -0.39 is 0 Å². The Morgan fingerprint density at radius 1 is 1.17 bits per heavy atom. The molecule has 2 aliphatic rings. The molecular weight excluding hydrogens is 222 g/mol. The Labute approximate surface area is 110 Å². The van der Waals surface area contributed by atoms with Gasteiger partial charge in [-0.25, -0.2) is 0 Å². The Morgan fingerprint density at radius 3 is 3.00 bits per heavy atom. The minimum atomic E-state index is 0.703. The second-order valence-corrected chi connectivity index (χ2v) is 5.70. The van der Waals surface area contributed by atoms with Gasteiger partial charge in [0.2, 0.25) is 0 Å². The normalized spacial score (nSPS) is 28.7. The van der Waals surface area contributed by atoms with E-state index in [4.69, 9.17) is 4.74 Å². The molecule has 2 atom stereocenters. The van der Waals surface area contributed by atoms with E-state index in [1.165, 1.54) is 50.8 Å². The molecule has 1 aromatic rings. The Bertz CT molecular complexity index is 404. The van der Waals surface area contributed by atoms with Crippen LogP contribution in [0.3, 0.4) is 0 Å². The Kier molecular flexibility index (Phi) is 3.55. The van der Waals surface area contributed by atoms with Crippen molar-refractivity contribution >= 4 is 0 Å². The number of piperidine rings is 2. The van der Waals surface area contributed by atoms with E-state index >= 15 is 0 Å². The SMILES string of the molecule is COc1cccc(C2CCC3CCCCN3C2)c1. The molecule has 2 fully saturated rings. The van der Waals surface area contributed by atoms with Crippen molar-refractivity contribution in [3.05, 3.63) is 29.8 Å². The monoisotopic (exact) mass is 245 g/mol. The molecule has 2 unspecified atom stereocenters. The van der Waals surface area contributed by atoms with Gasteiger partial charge >= 0.3 is 0 Å². The fraction of sp³-hybridized carbons (Fsp3) is 0.625. The molecule has 2 aliphatic heterocycles. The molecule has 0 aromatic heterocycles. The number of methoxy groups -OCH3 is 1. The number of rotatable bonds is 2. The Hall–Kier alpha value is -1.02. The maximum absolute atomic E-state index is 5.34. The summed E-state index contributed by atoms with van der Waals surface area (Å²) >= 11 is 0. The lowest BCUT2D eigenvalue weighted by molar-refractivity contribution is 0.0959. The quantitative estimate of drug-likeness (QED) is 0.791. The summed E-state index contributed by atoms with van der Waals surface area (Å²) in [5.74, 6) is 1.70. The summed E-state index contributed by atoms with van der Waals surface area (Å²) in [6, 6.07) is 9.51. The number of fused-ring (bicyclic) bond motifs is 1. The predicted octanol–water partition coefficient (Wildman–Crippen LogP) is 3.43. The average Bonchev–Trinajstić information content (AvgIpc) is 2.47. The van der Waals surface area contributed by atoms with Crippen LogP contribution in [0.5, 0.6) is 5.75 Å². The first-order valence-corrected chi connectivity index (χ1v) is 7.25. The zero-order valence-corrected chi connectivity index (χ0v) is 11.3. The highest BCUT2D eigenvalue weighted by Gasteiger charge is 2.30. The van der Waals surface area contributed by atoms with Crippen LogP contribution in [-0.2, 0) is 0 Å². The molecule has 98 valence electrons. The fourth-order valence-electron chi connectivity index (χ4n) is 3.56. The van der Waals surface area contributed by atoms with Crippen molar-refractivity contribution in [1.29, 1.82) is 0 Å². The van der Waals surface area contributed by atoms with E-state index in [0.717, 1.165) is 11.8 Å². The molecule has 2 heteroatoms. The standard InChI is InChI=1S/C16H23NO/c1-18-16-7-4-5-13(11-16)14-8-9-15-6-2-3-10-17(15)12-14/h4-5,7,11,14-15H,2-3,6,8-10,12H2,1H3. The Balaban J connectivity index is 1.72. The first-order valence-electron chi connectivity index (χ1n) is 7.25. The van der Waals surface area contributed by atoms with Crippen LogP contribution in [0, 0.1) is 0 Å². The van der Waals surface area contributed by atoms with E-state index in [9.17, 15) is 0 Å². The molecule has 0 aliphatic carbocycles. The first kappa shape index (κ1) is 12.0. The molecule has 3 rings (SSSR count). The third kappa shape index (κ3) is 2.39. The van der Waals surface area contributed by atoms with Crippen molar-refractivity contribution in [1.82, 2.24) is 4.90 Å². The molecule has 0 saturated carbocycles. The van der Waals surface area contributed by atoms with E-state index in [1.807, 2.05) is 6.07 Å². The molecule has 0 N–H and O–H groups in total. The number of benzene rings is 1. The van der Waals surface area contributed by atoms with Gasteiger partial charge in [-0.15, -0.1) is 0 Å². The van der Waals surface area contributed by atoms with Crippen molar-refractivity contribution in [3.63, 3.8) is 0 Å². The second kappa shape index (κ2) is 5.31. The molecule has 18 heavy (non-hydrogen) atoms. The van der Waals surface area contributed by atoms with Gasteiger partial charge < -0.3 is 4.74 Å². The zero-order valence-electron chi connectivity index (χ0n) is 11.3. The van der Waals surface area contributed by atoms with Crippen LogP contribution in [-0.4, -0.2) is 31.1 Å². The van der Waals surface area contributed by atoms with Crippen molar-refractivity contribution in [2.75, 3.05) is 20.2 Å². The molecule has 0 radical (unpaired) electrons. The van der Waals surface area contributed by atoms with Crippen molar-refractivity contribution < 1.29 is 4.74 Å². The van der Waals surface area contributed by atoms with Crippen LogP contribution in [0.1, 0.15) is 43.6 Å². The highest BCUT2D eigenvalue weighted by atomic mass is 16.5. The van der Waals surface area contributed by atoms with Crippen molar-refractivity contribution in [2.24, 2.45) is 0 Å². The third-order valence-corrected chi connectivity index (χ3v) is 4.62. The summed E-state index contributed by atoms with van der Waals surface area (Å²) < 4.78 is 5.34. The molecule has 2 heterocycles. The lowest BCUT2D eigenvalue weighted by Gasteiger charge is -2.42. The third-order valence-electron chi connectivity index (χ3n) is 4.62. The maximum atomic E-state index is 5.34. The lowest BCUT2D eigenvalue weighted by Crippen LogP contribution is -2.45. The summed E-state index contributed by atoms with van der Waals surface area (Å²) in [7, 11) is 1.75. The van der Waals surface area contributed by atoms with Gasteiger partial charge in [0.05, 0.1) is 7.11 Å². The van der Waals surface area contributed by atoms with Gasteiger partial charge in [0.25, 0.3) is 0 Å². The van der Waals surface area contributed by atoms with Crippen molar-refractivity contribution in [2.45, 2.75) is 44.1 Å². The van der Waals surface area contributed by atoms with Gasteiger partial charge in [-0.05, 0) is 55.8 Å². The van der Waals surface area contributed by atoms with Gasteiger partial charge in [0.15, 0.2) is 0 Å². The smallest absolute Gasteiger partial charge is 0.119 e. The van der Waals surface area contributed by atoms with Crippen LogP contribution in [0.4, 0.5) is 0 Å². The summed E-state index contributed by atoms with van der Waals surface area (Å²) in [6.07, 6.45) is 6.97. The number of ether oxygens (including phenoxy) is 1. The molecule has 2 saturated heterocycles. The summed E-state index contributed by atoms with van der Waals surface area (Å²) in [5, 5.41) is 0. The molecule has 1 aromatic carbocycles. The number of hydrogen-bond donors (Lipinski definition) is 0. The van der Waals surface area contributed by atoms with Crippen LogP contribution in [0.15, 0.2) is 24.3 Å². The largest absolute Gasteiger partial charge is 0.497 e. The van der Waals surface area contributed by atoms with Crippen LogP contribution in [0.2, 0.25) is 0 Å². The predicted molar refractivity (Wildman–Crippen MR) is 74.2 cm³/mol. The Morgan fingerprint density at radius 2 is 2.11 bits per heavy atom. The highest BCUT2D eigenvalue weighted by Crippen LogP contribution is 2.34. The van der Waals surface area contributed by atoms with E-state index in [1.54, 1.807) is 7.11 Å².